The second kappa shape index (κ2) is 6.78. The van der Waals surface area contributed by atoms with Crippen LogP contribution >= 0.6 is 0 Å². The zero-order valence-corrected chi connectivity index (χ0v) is 14.9. The Bertz CT molecular complexity index is 971. The van der Waals surface area contributed by atoms with E-state index in [0.29, 0.717) is 11.3 Å². The topological polar surface area (TPSA) is 70.6 Å². The molecule has 0 fully saturated rings. The third-order valence-electron chi connectivity index (χ3n) is 4.77. The zero-order chi connectivity index (χ0) is 18.9. The molecule has 1 aliphatic heterocycles. The van der Waals surface area contributed by atoms with Gasteiger partial charge in [-0.1, -0.05) is 30.3 Å². The molecule has 1 atom stereocenters. The molecule has 3 aromatic carbocycles. The number of nitrogens with one attached hydrogen (secondary N) is 2. The van der Waals surface area contributed by atoms with Crippen LogP contribution in [-0.4, -0.2) is 18.1 Å². The predicted molar refractivity (Wildman–Crippen MR) is 105 cm³/mol. The number of rotatable bonds is 5. The van der Waals surface area contributed by atoms with Gasteiger partial charge >= 0.3 is 0 Å². The summed E-state index contributed by atoms with van der Waals surface area (Å²) in [7, 11) is 1.63. The van der Waals surface area contributed by atoms with Crippen LogP contribution in [0.1, 0.15) is 11.1 Å². The van der Waals surface area contributed by atoms with Crippen LogP contribution in [0.2, 0.25) is 0 Å². The SMILES string of the molecule is COc1ccc(Nc2ccc3c(c2)C(O)(Cc2ccccc2)C(=O)N3)cc1. The molecule has 3 aromatic rings. The van der Waals surface area contributed by atoms with Gasteiger partial charge in [0.05, 0.1) is 7.11 Å². The van der Waals surface area contributed by atoms with Crippen LogP contribution in [0.5, 0.6) is 5.75 Å². The quantitative estimate of drug-likeness (QED) is 0.647. The number of aliphatic hydroxyl groups is 1. The minimum absolute atomic E-state index is 0.221. The van der Waals surface area contributed by atoms with Crippen molar-refractivity contribution in [3.8, 4) is 5.75 Å². The molecule has 4 rings (SSSR count). The number of hydrogen-bond acceptors (Lipinski definition) is 4. The van der Waals surface area contributed by atoms with Gasteiger partial charge in [-0.2, -0.15) is 0 Å². The normalized spacial score (nSPS) is 17.9. The molecule has 1 aliphatic rings. The van der Waals surface area contributed by atoms with Crippen LogP contribution < -0.4 is 15.4 Å². The minimum Gasteiger partial charge on any atom is -0.497 e. The standard InChI is InChI=1S/C22H20N2O3/c1-27-18-10-7-16(8-11-18)23-17-9-12-20-19(13-17)22(26,21(25)24-20)14-15-5-3-2-4-6-15/h2-13,23,26H,14H2,1H3,(H,24,25). The number of hydrogen-bond donors (Lipinski definition) is 3. The number of carbonyl (C=O) groups is 1. The molecule has 0 aromatic heterocycles. The second-order valence-electron chi connectivity index (χ2n) is 6.59. The van der Waals surface area contributed by atoms with E-state index in [1.165, 1.54) is 0 Å². The molecule has 1 unspecified atom stereocenters. The monoisotopic (exact) mass is 360 g/mol. The van der Waals surface area contributed by atoms with Crippen molar-refractivity contribution in [2.75, 3.05) is 17.7 Å². The smallest absolute Gasteiger partial charge is 0.261 e. The molecule has 5 nitrogen and oxygen atoms in total. The van der Waals surface area contributed by atoms with Gasteiger partial charge in [0.15, 0.2) is 5.60 Å². The van der Waals surface area contributed by atoms with Crippen molar-refractivity contribution in [2.24, 2.45) is 0 Å². The molecule has 27 heavy (non-hydrogen) atoms. The summed E-state index contributed by atoms with van der Waals surface area (Å²) in [6.07, 6.45) is 0.221. The number of benzene rings is 3. The van der Waals surface area contributed by atoms with Gasteiger partial charge in [0.25, 0.3) is 5.91 Å². The number of amides is 1. The van der Waals surface area contributed by atoms with Crippen molar-refractivity contribution in [1.82, 2.24) is 0 Å². The van der Waals surface area contributed by atoms with Crippen LogP contribution in [0.3, 0.4) is 0 Å². The average molecular weight is 360 g/mol. The van der Waals surface area contributed by atoms with Gasteiger partial charge in [-0.3, -0.25) is 4.79 Å². The Morgan fingerprint density at radius 2 is 1.70 bits per heavy atom. The van der Waals surface area contributed by atoms with E-state index in [9.17, 15) is 9.90 Å². The Morgan fingerprint density at radius 3 is 2.41 bits per heavy atom. The first kappa shape index (κ1) is 17.1. The molecule has 1 amide bonds. The van der Waals surface area contributed by atoms with Crippen LogP contribution in [0.15, 0.2) is 72.8 Å². The second-order valence-corrected chi connectivity index (χ2v) is 6.59. The highest BCUT2D eigenvalue weighted by molar-refractivity contribution is 6.05. The van der Waals surface area contributed by atoms with Crippen molar-refractivity contribution in [3.05, 3.63) is 83.9 Å². The van der Waals surface area contributed by atoms with Crippen LogP contribution in [0, 0.1) is 0 Å². The highest BCUT2D eigenvalue weighted by atomic mass is 16.5. The summed E-state index contributed by atoms with van der Waals surface area (Å²) in [4.78, 5) is 12.5. The highest BCUT2D eigenvalue weighted by Gasteiger charge is 2.45. The van der Waals surface area contributed by atoms with E-state index in [0.717, 1.165) is 22.7 Å². The predicted octanol–water partition coefficient (Wildman–Crippen LogP) is 3.82. The summed E-state index contributed by atoms with van der Waals surface area (Å²) in [6.45, 7) is 0. The Kier molecular flexibility index (Phi) is 4.30. The molecule has 1 heterocycles. The maximum atomic E-state index is 12.5. The van der Waals surface area contributed by atoms with E-state index < -0.39 is 11.5 Å². The first-order chi connectivity index (χ1) is 13.1. The van der Waals surface area contributed by atoms with E-state index in [1.807, 2.05) is 72.8 Å². The maximum absolute atomic E-state index is 12.5. The minimum atomic E-state index is -1.59. The molecule has 0 aliphatic carbocycles. The lowest BCUT2D eigenvalue weighted by molar-refractivity contribution is -0.133. The average Bonchev–Trinajstić information content (AvgIpc) is 2.93. The van der Waals surface area contributed by atoms with Crippen LogP contribution in [0.25, 0.3) is 0 Å². The summed E-state index contributed by atoms with van der Waals surface area (Å²) in [5.74, 6) is 0.379. The van der Waals surface area contributed by atoms with Crippen LogP contribution in [-0.2, 0) is 16.8 Å². The van der Waals surface area contributed by atoms with Gasteiger partial charge in [0.1, 0.15) is 5.75 Å². The van der Waals surface area contributed by atoms with Gasteiger partial charge in [0, 0.05) is 29.0 Å². The summed E-state index contributed by atoms with van der Waals surface area (Å²) in [6, 6.07) is 22.6. The maximum Gasteiger partial charge on any atom is 0.261 e. The Balaban J connectivity index is 1.63. The summed E-state index contributed by atoms with van der Waals surface area (Å²) in [5.41, 5.74) is 2.21. The molecule has 0 bridgehead atoms. The van der Waals surface area contributed by atoms with Crippen molar-refractivity contribution in [2.45, 2.75) is 12.0 Å². The van der Waals surface area contributed by atoms with Gasteiger partial charge in [-0.15, -0.1) is 0 Å². The van der Waals surface area contributed by atoms with E-state index in [4.69, 9.17) is 4.74 Å². The van der Waals surface area contributed by atoms with Gasteiger partial charge < -0.3 is 20.5 Å². The summed E-state index contributed by atoms with van der Waals surface area (Å²) < 4.78 is 5.17. The first-order valence-corrected chi connectivity index (χ1v) is 8.72. The van der Waals surface area contributed by atoms with E-state index in [1.54, 1.807) is 7.11 Å². The van der Waals surface area contributed by atoms with Gasteiger partial charge in [-0.25, -0.2) is 0 Å². The Labute approximate surface area is 157 Å². The van der Waals surface area contributed by atoms with Crippen molar-refractivity contribution in [3.63, 3.8) is 0 Å². The van der Waals surface area contributed by atoms with E-state index in [-0.39, 0.29) is 6.42 Å². The van der Waals surface area contributed by atoms with E-state index in [2.05, 4.69) is 10.6 Å². The molecule has 5 heteroatoms. The van der Waals surface area contributed by atoms with Crippen molar-refractivity contribution < 1.29 is 14.6 Å². The van der Waals surface area contributed by atoms with Gasteiger partial charge in [0.2, 0.25) is 0 Å². The molecule has 3 N–H and O–H groups in total. The molecule has 136 valence electrons. The first-order valence-electron chi connectivity index (χ1n) is 8.72. The third-order valence-corrected chi connectivity index (χ3v) is 4.77. The number of methoxy groups -OCH3 is 1. The molecule has 0 saturated heterocycles. The molecule has 0 spiro atoms. The molecular formula is C22H20N2O3. The third kappa shape index (κ3) is 3.25. The lowest BCUT2D eigenvalue weighted by Crippen LogP contribution is -2.36. The van der Waals surface area contributed by atoms with Crippen molar-refractivity contribution in [1.29, 1.82) is 0 Å². The zero-order valence-electron chi connectivity index (χ0n) is 14.9. The number of fused-ring (bicyclic) bond motifs is 1. The Hall–Kier alpha value is -3.31. The molecule has 0 saturated carbocycles. The van der Waals surface area contributed by atoms with Crippen LogP contribution in [0.4, 0.5) is 17.1 Å². The number of carbonyl (C=O) groups excluding carboxylic acids is 1. The van der Waals surface area contributed by atoms with Gasteiger partial charge in [-0.05, 0) is 48.0 Å². The molecular weight excluding hydrogens is 340 g/mol. The highest BCUT2D eigenvalue weighted by Crippen LogP contribution is 2.40. The number of anilines is 3. The Morgan fingerprint density at radius 1 is 1.00 bits per heavy atom. The summed E-state index contributed by atoms with van der Waals surface area (Å²) in [5, 5.41) is 17.2. The fourth-order valence-corrected chi connectivity index (χ4v) is 3.33. The number of ether oxygens (including phenoxy) is 1. The lowest BCUT2D eigenvalue weighted by atomic mass is 9.88. The molecule has 0 radical (unpaired) electrons. The van der Waals surface area contributed by atoms with E-state index >= 15 is 0 Å². The summed E-state index contributed by atoms with van der Waals surface area (Å²) >= 11 is 0. The van der Waals surface area contributed by atoms with Crippen molar-refractivity contribution >= 4 is 23.0 Å². The fourth-order valence-electron chi connectivity index (χ4n) is 3.33. The lowest BCUT2D eigenvalue weighted by Gasteiger charge is -2.21. The largest absolute Gasteiger partial charge is 0.497 e. The fraction of sp³-hybridized carbons (Fsp3) is 0.136.